The number of aliphatic hydroxyl groups excluding tert-OH is 1. The van der Waals surface area contributed by atoms with E-state index in [1.54, 1.807) is 0 Å². The van der Waals surface area contributed by atoms with Crippen LogP contribution in [0.4, 0.5) is 0 Å². The van der Waals surface area contributed by atoms with Crippen molar-refractivity contribution in [2.45, 2.75) is 20.1 Å². The van der Waals surface area contributed by atoms with Crippen molar-refractivity contribution in [1.82, 2.24) is 0 Å². The standard InChI is InChI=1S/C16H14O3/c1-10-4-2-3-5-13(10)14-11(8-17)6-7-12-9-19-16(18)15(12)14/h2-7,17H,8-9H2,1H3. The van der Waals surface area contributed by atoms with E-state index in [-0.39, 0.29) is 12.6 Å². The normalized spacial score (nSPS) is 13.3. The summed E-state index contributed by atoms with van der Waals surface area (Å²) < 4.78 is 5.10. The van der Waals surface area contributed by atoms with Gasteiger partial charge in [0.2, 0.25) is 0 Å². The second-order valence-electron chi connectivity index (χ2n) is 4.68. The van der Waals surface area contributed by atoms with Gasteiger partial charge in [-0.05, 0) is 23.6 Å². The maximum absolute atomic E-state index is 11.9. The van der Waals surface area contributed by atoms with E-state index in [9.17, 15) is 9.90 Å². The molecule has 0 unspecified atom stereocenters. The van der Waals surface area contributed by atoms with Gasteiger partial charge in [-0.15, -0.1) is 0 Å². The van der Waals surface area contributed by atoms with Gasteiger partial charge in [0.05, 0.1) is 12.2 Å². The first-order valence-electron chi connectivity index (χ1n) is 6.21. The van der Waals surface area contributed by atoms with Gasteiger partial charge >= 0.3 is 5.97 Å². The largest absolute Gasteiger partial charge is 0.457 e. The summed E-state index contributed by atoms with van der Waals surface area (Å²) in [6.45, 7) is 2.22. The lowest BCUT2D eigenvalue weighted by atomic mass is 9.90. The number of esters is 1. The Bertz CT molecular complexity index is 659. The van der Waals surface area contributed by atoms with Crippen LogP contribution in [0.15, 0.2) is 36.4 Å². The van der Waals surface area contributed by atoms with Crippen molar-refractivity contribution in [2.24, 2.45) is 0 Å². The molecule has 0 fully saturated rings. The molecule has 0 spiro atoms. The smallest absolute Gasteiger partial charge is 0.339 e. The van der Waals surface area contributed by atoms with Crippen LogP contribution in [-0.4, -0.2) is 11.1 Å². The van der Waals surface area contributed by atoms with Crippen molar-refractivity contribution in [3.8, 4) is 11.1 Å². The van der Waals surface area contributed by atoms with Crippen LogP contribution in [0.1, 0.15) is 27.0 Å². The average molecular weight is 254 g/mol. The summed E-state index contributed by atoms with van der Waals surface area (Å²) in [5.74, 6) is -0.302. The SMILES string of the molecule is Cc1ccccc1-c1c(CO)ccc2c1C(=O)OC2. The summed E-state index contributed by atoms with van der Waals surface area (Å²) >= 11 is 0. The number of ether oxygens (including phenoxy) is 1. The molecule has 3 heteroatoms. The molecule has 96 valence electrons. The highest BCUT2D eigenvalue weighted by atomic mass is 16.5. The first-order valence-corrected chi connectivity index (χ1v) is 6.21. The molecular weight excluding hydrogens is 240 g/mol. The summed E-state index contributed by atoms with van der Waals surface area (Å²) in [7, 11) is 0. The van der Waals surface area contributed by atoms with Crippen molar-refractivity contribution in [1.29, 1.82) is 0 Å². The van der Waals surface area contributed by atoms with Gasteiger partial charge < -0.3 is 9.84 Å². The molecule has 2 aromatic rings. The third-order valence-electron chi connectivity index (χ3n) is 3.53. The molecule has 3 rings (SSSR count). The Morgan fingerprint density at radius 1 is 1.16 bits per heavy atom. The van der Waals surface area contributed by atoms with Gasteiger partial charge in [0.1, 0.15) is 6.61 Å². The van der Waals surface area contributed by atoms with Crippen LogP contribution in [-0.2, 0) is 18.0 Å². The first-order chi connectivity index (χ1) is 9.22. The Morgan fingerprint density at radius 3 is 2.68 bits per heavy atom. The third-order valence-corrected chi connectivity index (χ3v) is 3.53. The first kappa shape index (κ1) is 11.9. The number of rotatable bonds is 2. The number of hydrogen-bond donors (Lipinski definition) is 1. The zero-order valence-electron chi connectivity index (χ0n) is 10.6. The zero-order valence-corrected chi connectivity index (χ0v) is 10.6. The molecule has 0 atom stereocenters. The molecule has 1 aliphatic heterocycles. The highest BCUT2D eigenvalue weighted by Gasteiger charge is 2.27. The number of aryl methyl sites for hydroxylation is 1. The van der Waals surface area contributed by atoms with Crippen LogP contribution >= 0.6 is 0 Å². The second kappa shape index (κ2) is 4.52. The summed E-state index contributed by atoms with van der Waals surface area (Å²) in [5.41, 5.74) is 5.10. The molecule has 3 nitrogen and oxygen atoms in total. The van der Waals surface area contributed by atoms with Gasteiger partial charge in [-0.25, -0.2) is 4.79 Å². The van der Waals surface area contributed by atoms with Gasteiger partial charge in [-0.3, -0.25) is 0 Å². The molecule has 0 saturated heterocycles. The fourth-order valence-corrected chi connectivity index (χ4v) is 2.55. The Balaban J connectivity index is 2.34. The fraction of sp³-hybridized carbons (Fsp3) is 0.188. The molecular formula is C16H14O3. The van der Waals surface area contributed by atoms with E-state index in [0.29, 0.717) is 12.2 Å². The quantitative estimate of drug-likeness (QED) is 0.838. The maximum atomic E-state index is 11.9. The minimum atomic E-state index is -0.302. The highest BCUT2D eigenvalue weighted by molar-refractivity contribution is 6.01. The summed E-state index contributed by atoms with van der Waals surface area (Å²) in [5, 5.41) is 9.54. The molecule has 0 aromatic heterocycles. The van der Waals surface area contributed by atoms with Crippen molar-refractivity contribution in [3.63, 3.8) is 0 Å². The summed E-state index contributed by atoms with van der Waals surface area (Å²) in [6.07, 6.45) is 0. The van der Waals surface area contributed by atoms with Crippen molar-refractivity contribution in [3.05, 3.63) is 58.7 Å². The molecule has 0 saturated carbocycles. The van der Waals surface area contributed by atoms with E-state index in [1.807, 2.05) is 43.3 Å². The Morgan fingerprint density at radius 2 is 1.95 bits per heavy atom. The lowest BCUT2D eigenvalue weighted by molar-refractivity contribution is 0.0535. The lowest BCUT2D eigenvalue weighted by Crippen LogP contribution is -2.02. The van der Waals surface area contributed by atoms with Crippen LogP contribution in [0.2, 0.25) is 0 Å². The number of aliphatic hydroxyl groups is 1. The Kier molecular flexibility index (Phi) is 2.84. The number of fused-ring (bicyclic) bond motifs is 1. The number of hydrogen-bond acceptors (Lipinski definition) is 3. The van der Waals surface area contributed by atoms with E-state index < -0.39 is 0 Å². The molecule has 1 N–H and O–H groups in total. The predicted octanol–water partition coefficient (Wildman–Crippen LogP) is 2.82. The van der Waals surface area contributed by atoms with E-state index >= 15 is 0 Å². The van der Waals surface area contributed by atoms with Gasteiger partial charge in [-0.1, -0.05) is 36.4 Å². The maximum Gasteiger partial charge on any atom is 0.339 e. The van der Waals surface area contributed by atoms with E-state index in [0.717, 1.165) is 27.8 Å². The summed E-state index contributed by atoms with van der Waals surface area (Å²) in [6, 6.07) is 11.6. The predicted molar refractivity (Wildman–Crippen MR) is 71.7 cm³/mol. The highest BCUT2D eigenvalue weighted by Crippen LogP contribution is 2.36. The van der Waals surface area contributed by atoms with Crippen LogP contribution in [0.3, 0.4) is 0 Å². The van der Waals surface area contributed by atoms with Gasteiger partial charge in [0.25, 0.3) is 0 Å². The van der Waals surface area contributed by atoms with Gasteiger partial charge in [0.15, 0.2) is 0 Å². The van der Waals surface area contributed by atoms with Crippen LogP contribution in [0, 0.1) is 6.92 Å². The minimum absolute atomic E-state index is 0.0930. The molecule has 2 aromatic carbocycles. The summed E-state index contributed by atoms with van der Waals surface area (Å²) in [4.78, 5) is 11.9. The molecule has 0 aliphatic carbocycles. The monoisotopic (exact) mass is 254 g/mol. The van der Waals surface area contributed by atoms with Crippen LogP contribution < -0.4 is 0 Å². The molecule has 0 radical (unpaired) electrons. The Labute approximate surface area is 111 Å². The minimum Gasteiger partial charge on any atom is -0.457 e. The van der Waals surface area contributed by atoms with Crippen molar-refractivity contribution >= 4 is 5.97 Å². The topological polar surface area (TPSA) is 46.5 Å². The van der Waals surface area contributed by atoms with Gasteiger partial charge in [-0.2, -0.15) is 0 Å². The van der Waals surface area contributed by atoms with Gasteiger partial charge in [0, 0.05) is 11.1 Å². The Hall–Kier alpha value is -2.13. The molecule has 0 bridgehead atoms. The van der Waals surface area contributed by atoms with Crippen molar-refractivity contribution < 1.29 is 14.6 Å². The second-order valence-corrected chi connectivity index (χ2v) is 4.68. The van der Waals surface area contributed by atoms with E-state index in [2.05, 4.69) is 0 Å². The average Bonchev–Trinajstić information content (AvgIpc) is 2.80. The number of cyclic esters (lactones) is 1. The van der Waals surface area contributed by atoms with Crippen molar-refractivity contribution in [2.75, 3.05) is 0 Å². The number of benzene rings is 2. The lowest BCUT2D eigenvalue weighted by Gasteiger charge is -2.13. The molecule has 0 amide bonds. The number of carbonyl (C=O) groups is 1. The fourth-order valence-electron chi connectivity index (χ4n) is 2.55. The van der Waals surface area contributed by atoms with E-state index in [1.165, 1.54) is 0 Å². The van der Waals surface area contributed by atoms with E-state index in [4.69, 9.17) is 4.74 Å². The number of carbonyl (C=O) groups excluding carboxylic acids is 1. The van der Waals surface area contributed by atoms with Crippen LogP contribution in [0.5, 0.6) is 0 Å². The molecule has 1 heterocycles. The molecule has 19 heavy (non-hydrogen) atoms. The third kappa shape index (κ3) is 1.83. The molecule has 1 aliphatic rings. The zero-order chi connectivity index (χ0) is 13.4. The van der Waals surface area contributed by atoms with Crippen LogP contribution in [0.25, 0.3) is 11.1 Å².